The van der Waals surface area contributed by atoms with Crippen LogP contribution in [0.1, 0.15) is 6.92 Å². The standard InChI is InChI=1S/C8H13N5O3S/c1-5(7(9)14)13-17(15,16)6-3-11-8(10-2)12-4-6/h3-5,13H,1-2H3,(H2,9,14)(H,10,11,12). The highest BCUT2D eigenvalue weighted by Crippen LogP contribution is 2.07. The lowest BCUT2D eigenvalue weighted by atomic mass is 10.4. The van der Waals surface area contributed by atoms with Crippen molar-refractivity contribution in [2.75, 3.05) is 12.4 Å². The van der Waals surface area contributed by atoms with Crippen molar-refractivity contribution in [3.8, 4) is 0 Å². The number of nitrogens with zero attached hydrogens (tertiary/aromatic N) is 2. The van der Waals surface area contributed by atoms with Gasteiger partial charge < -0.3 is 11.1 Å². The number of nitrogens with one attached hydrogen (secondary N) is 2. The van der Waals surface area contributed by atoms with Crippen LogP contribution in [0.4, 0.5) is 5.95 Å². The largest absolute Gasteiger partial charge is 0.368 e. The van der Waals surface area contributed by atoms with E-state index in [4.69, 9.17) is 5.73 Å². The van der Waals surface area contributed by atoms with Gasteiger partial charge in [-0.2, -0.15) is 4.72 Å². The summed E-state index contributed by atoms with van der Waals surface area (Å²) in [7, 11) is -2.23. The number of sulfonamides is 1. The third-order valence-corrected chi connectivity index (χ3v) is 3.42. The number of amides is 1. The number of carbonyl (C=O) groups is 1. The smallest absolute Gasteiger partial charge is 0.244 e. The first-order valence-electron chi connectivity index (χ1n) is 4.68. The molecule has 0 aliphatic carbocycles. The van der Waals surface area contributed by atoms with Crippen LogP contribution in [0.3, 0.4) is 0 Å². The van der Waals surface area contributed by atoms with E-state index in [0.717, 1.165) is 12.4 Å². The molecule has 1 unspecified atom stereocenters. The summed E-state index contributed by atoms with van der Waals surface area (Å²) in [4.78, 5) is 18.1. The van der Waals surface area contributed by atoms with Crippen molar-refractivity contribution in [2.45, 2.75) is 17.9 Å². The fourth-order valence-electron chi connectivity index (χ4n) is 0.943. The van der Waals surface area contributed by atoms with E-state index in [9.17, 15) is 13.2 Å². The fourth-order valence-corrected chi connectivity index (χ4v) is 2.04. The molecule has 1 aromatic rings. The van der Waals surface area contributed by atoms with Crippen LogP contribution >= 0.6 is 0 Å². The molecule has 0 spiro atoms. The third kappa shape index (κ3) is 3.36. The molecule has 0 radical (unpaired) electrons. The van der Waals surface area contributed by atoms with E-state index in [2.05, 4.69) is 20.0 Å². The van der Waals surface area contributed by atoms with E-state index in [-0.39, 0.29) is 4.90 Å². The Bertz CT molecular complexity index is 498. The lowest BCUT2D eigenvalue weighted by Crippen LogP contribution is -2.42. The molecule has 1 aromatic heterocycles. The summed E-state index contributed by atoms with van der Waals surface area (Å²) >= 11 is 0. The van der Waals surface area contributed by atoms with Gasteiger partial charge in [-0.25, -0.2) is 18.4 Å². The highest BCUT2D eigenvalue weighted by molar-refractivity contribution is 7.89. The topological polar surface area (TPSA) is 127 Å². The molecule has 1 amide bonds. The minimum absolute atomic E-state index is 0.135. The molecule has 8 nitrogen and oxygen atoms in total. The molecule has 1 heterocycles. The van der Waals surface area contributed by atoms with Gasteiger partial charge in [0.2, 0.25) is 21.9 Å². The first-order chi connectivity index (χ1) is 7.86. The maximum absolute atomic E-state index is 11.7. The SMILES string of the molecule is CNc1ncc(S(=O)(=O)NC(C)C(N)=O)cn1. The molecule has 1 atom stereocenters. The molecule has 0 saturated carbocycles. The van der Waals surface area contributed by atoms with Gasteiger partial charge in [-0.05, 0) is 6.92 Å². The highest BCUT2D eigenvalue weighted by Gasteiger charge is 2.20. The zero-order chi connectivity index (χ0) is 13.1. The van der Waals surface area contributed by atoms with E-state index < -0.39 is 22.0 Å². The zero-order valence-corrected chi connectivity index (χ0v) is 10.2. The third-order valence-electron chi connectivity index (χ3n) is 1.92. The Morgan fingerprint density at radius 1 is 1.41 bits per heavy atom. The van der Waals surface area contributed by atoms with Gasteiger partial charge in [0.05, 0.1) is 18.4 Å². The van der Waals surface area contributed by atoms with E-state index in [1.165, 1.54) is 6.92 Å². The Kier molecular flexibility index (Phi) is 3.97. The zero-order valence-electron chi connectivity index (χ0n) is 9.34. The molecule has 9 heteroatoms. The summed E-state index contributed by atoms with van der Waals surface area (Å²) < 4.78 is 25.6. The summed E-state index contributed by atoms with van der Waals surface area (Å²) in [5, 5.41) is 2.65. The number of hydrogen-bond acceptors (Lipinski definition) is 6. The number of aromatic nitrogens is 2. The van der Waals surface area contributed by atoms with Crippen molar-refractivity contribution in [1.82, 2.24) is 14.7 Å². The minimum Gasteiger partial charge on any atom is -0.368 e. The second kappa shape index (κ2) is 5.06. The van der Waals surface area contributed by atoms with Crippen molar-refractivity contribution >= 4 is 21.9 Å². The van der Waals surface area contributed by atoms with Gasteiger partial charge in [-0.1, -0.05) is 0 Å². The molecule has 0 aromatic carbocycles. The van der Waals surface area contributed by atoms with Crippen LogP contribution in [0.25, 0.3) is 0 Å². The second-order valence-electron chi connectivity index (χ2n) is 3.24. The lowest BCUT2D eigenvalue weighted by Gasteiger charge is -2.10. The van der Waals surface area contributed by atoms with Gasteiger partial charge in [-0.15, -0.1) is 0 Å². The minimum atomic E-state index is -3.83. The molecule has 4 N–H and O–H groups in total. The Labute approximate surface area is 98.7 Å². The highest BCUT2D eigenvalue weighted by atomic mass is 32.2. The molecule has 94 valence electrons. The van der Waals surface area contributed by atoms with Crippen LogP contribution in [-0.4, -0.2) is 37.4 Å². The first kappa shape index (κ1) is 13.3. The van der Waals surface area contributed by atoms with Gasteiger partial charge in [-0.3, -0.25) is 4.79 Å². The summed E-state index contributed by atoms with van der Waals surface area (Å²) in [6.45, 7) is 1.35. The van der Waals surface area contributed by atoms with Gasteiger partial charge in [0, 0.05) is 7.05 Å². The van der Waals surface area contributed by atoms with Crippen LogP contribution < -0.4 is 15.8 Å². The van der Waals surface area contributed by atoms with Crippen molar-refractivity contribution in [3.05, 3.63) is 12.4 Å². The van der Waals surface area contributed by atoms with E-state index >= 15 is 0 Å². The monoisotopic (exact) mass is 259 g/mol. The summed E-state index contributed by atoms with van der Waals surface area (Å²) in [5.74, 6) is -0.465. The summed E-state index contributed by atoms with van der Waals surface area (Å²) in [6, 6.07) is -0.996. The predicted octanol–water partition coefficient (Wildman–Crippen LogP) is -1.33. The number of carbonyl (C=O) groups excluding carboxylic acids is 1. The van der Waals surface area contributed by atoms with Crippen LogP contribution in [0.15, 0.2) is 17.3 Å². The van der Waals surface area contributed by atoms with Gasteiger partial charge in [0.1, 0.15) is 4.90 Å². The molecule has 0 aliphatic heterocycles. The van der Waals surface area contributed by atoms with Crippen LogP contribution in [-0.2, 0) is 14.8 Å². The van der Waals surface area contributed by atoms with Crippen molar-refractivity contribution < 1.29 is 13.2 Å². The molecule has 0 aliphatic rings. The van der Waals surface area contributed by atoms with Crippen molar-refractivity contribution in [2.24, 2.45) is 5.73 Å². The van der Waals surface area contributed by atoms with E-state index in [1.807, 2.05) is 0 Å². The Morgan fingerprint density at radius 3 is 2.35 bits per heavy atom. The van der Waals surface area contributed by atoms with Gasteiger partial charge in [0.25, 0.3) is 0 Å². The fraction of sp³-hybridized carbons (Fsp3) is 0.375. The first-order valence-corrected chi connectivity index (χ1v) is 6.16. The van der Waals surface area contributed by atoms with Crippen LogP contribution in [0.5, 0.6) is 0 Å². The molecule has 17 heavy (non-hydrogen) atoms. The number of anilines is 1. The quantitative estimate of drug-likeness (QED) is 0.601. The summed E-state index contributed by atoms with van der Waals surface area (Å²) in [6.07, 6.45) is 2.27. The predicted molar refractivity (Wildman–Crippen MR) is 60.6 cm³/mol. The lowest BCUT2D eigenvalue weighted by molar-refractivity contribution is -0.119. The molecular formula is C8H13N5O3S. The Morgan fingerprint density at radius 2 is 1.94 bits per heavy atom. The number of nitrogens with two attached hydrogens (primary N) is 1. The molecule has 0 fully saturated rings. The molecule has 0 saturated heterocycles. The number of hydrogen-bond donors (Lipinski definition) is 3. The van der Waals surface area contributed by atoms with Gasteiger partial charge >= 0.3 is 0 Å². The molecule has 1 rings (SSSR count). The summed E-state index contributed by atoms with van der Waals surface area (Å²) in [5.41, 5.74) is 4.96. The van der Waals surface area contributed by atoms with E-state index in [0.29, 0.717) is 5.95 Å². The van der Waals surface area contributed by atoms with E-state index in [1.54, 1.807) is 7.05 Å². The number of rotatable bonds is 5. The van der Waals surface area contributed by atoms with Crippen LogP contribution in [0, 0.1) is 0 Å². The molecule has 0 bridgehead atoms. The second-order valence-corrected chi connectivity index (χ2v) is 4.95. The normalized spacial score (nSPS) is 13.1. The van der Waals surface area contributed by atoms with Crippen LogP contribution in [0.2, 0.25) is 0 Å². The average Bonchev–Trinajstić information content (AvgIpc) is 2.28. The van der Waals surface area contributed by atoms with Crippen molar-refractivity contribution in [3.63, 3.8) is 0 Å². The maximum Gasteiger partial charge on any atom is 0.244 e. The van der Waals surface area contributed by atoms with Gasteiger partial charge in [0.15, 0.2) is 0 Å². The molecular weight excluding hydrogens is 246 g/mol. The Balaban J connectivity index is 2.93. The Hall–Kier alpha value is -1.74. The maximum atomic E-state index is 11.7. The van der Waals surface area contributed by atoms with Crippen molar-refractivity contribution in [1.29, 1.82) is 0 Å². The average molecular weight is 259 g/mol. The number of primary amides is 1.